The summed E-state index contributed by atoms with van der Waals surface area (Å²) >= 11 is 0. The Hall–Kier alpha value is -0.120. The summed E-state index contributed by atoms with van der Waals surface area (Å²) in [5.41, 5.74) is 0. The molecule has 16 heavy (non-hydrogen) atoms. The van der Waals surface area contributed by atoms with Crippen molar-refractivity contribution < 1.29 is 4.74 Å². The molecule has 1 N–H and O–H groups in total. The van der Waals surface area contributed by atoms with E-state index in [1.165, 1.54) is 12.8 Å². The van der Waals surface area contributed by atoms with Crippen molar-refractivity contribution >= 4 is 0 Å². The molecular formula is C13H30N2O. The van der Waals surface area contributed by atoms with E-state index in [4.69, 9.17) is 4.74 Å². The van der Waals surface area contributed by atoms with E-state index in [2.05, 4.69) is 38.0 Å². The molecule has 0 bridgehead atoms. The molecule has 0 aromatic carbocycles. The van der Waals surface area contributed by atoms with Gasteiger partial charge in [-0.3, -0.25) is 0 Å². The zero-order valence-corrected chi connectivity index (χ0v) is 11.8. The van der Waals surface area contributed by atoms with Gasteiger partial charge in [-0.25, -0.2) is 0 Å². The maximum absolute atomic E-state index is 5.05. The van der Waals surface area contributed by atoms with Crippen LogP contribution >= 0.6 is 0 Å². The molecule has 2 unspecified atom stereocenters. The molecule has 0 spiro atoms. The van der Waals surface area contributed by atoms with Crippen molar-refractivity contribution in [3.8, 4) is 0 Å². The second kappa shape index (κ2) is 10.1. The fourth-order valence-corrected chi connectivity index (χ4v) is 1.59. The largest absolute Gasteiger partial charge is 0.383 e. The van der Waals surface area contributed by atoms with Gasteiger partial charge in [0.05, 0.1) is 6.61 Å². The predicted octanol–water partition coefficient (Wildman–Crippen LogP) is 1.98. The van der Waals surface area contributed by atoms with Gasteiger partial charge in [-0.15, -0.1) is 0 Å². The molecule has 0 radical (unpaired) electrons. The Balaban J connectivity index is 3.38. The van der Waals surface area contributed by atoms with Gasteiger partial charge in [-0.2, -0.15) is 0 Å². The highest BCUT2D eigenvalue weighted by atomic mass is 16.5. The van der Waals surface area contributed by atoms with Gasteiger partial charge in [0, 0.05) is 19.7 Å². The fraction of sp³-hybridized carbons (Fsp3) is 1.00. The zero-order chi connectivity index (χ0) is 12.4. The van der Waals surface area contributed by atoms with Gasteiger partial charge < -0.3 is 15.0 Å². The zero-order valence-electron chi connectivity index (χ0n) is 11.8. The van der Waals surface area contributed by atoms with Crippen LogP contribution in [0.1, 0.15) is 33.6 Å². The normalized spacial score (nSPS) is 15.4. The molecule has 0 rings (SSSR count). The smallest absolute Gasteiger partial charge is 0.0589 e. The third kappa shape index (κ3) is 8.08. The molecule has 3 nitrogen and oxygen atoms in total. The molecule has 0 heterocycles. The lowest BCUT2D eigenvalue weighted by Gasteiger charge is -2.21. The highest BCUT2D eigenvalue weighted by Crippen LogP contribution is 2.06. The van der Waals surface area contributed by atoms with Gasteiger partial charge in [0.1, 0.15) is 0 Å². The monoisotopic (exact) mass is 230 g/mol. The quantitative estimate of drug-likeness (QED) is 0.581. The van der Waals surface area contributed by atoms with E-state index in [0.29, 0.717) is 6.04 Å². The van der Waals surface area contributed by atoms with Gasteiger partial charge in [-0.1, -0.05) is 20.3 Å². The van der Waals surface area contributed by atoms with Crippen LogP contribution < -0.4 is 5.32 Å². The van der Waals surface area contributed by atoms with Crippen LogP contribution in [0.15, 0.2) is 0 Å². The maximum atomic E-state index is 5.05. The number of nitrogens with one attached hydrogen (secondary N) is 1. The Morgan fingerprint density at radius 3 is 2.50 bits per heavy atom. The lowest BCUT2D eigenvalue weighted by molar-refractivity contribution is 0.160. The lowest BCUT2D eigenvalue weighted by Crippen LogP contribution is -2.34. The van der Waals surface area contributed by atoms with Crippen LogP contribution in [0.5, 0.6) is 0 Å². The maximum Gasteiger partial charge on any atom is 0.0589 e. The molecule has 0 aliphatic carbocycles. The first-order chi connectivity index (χ1) is 7.61. The number of methoxy groups -OCH3 is 1. The van der Waals surface area contributed by atoms with E-state index in [0.717, 1.165) is 32.2 Å². The average Bonchev–Trinajstić information content (AvgIpc) is 2.30. The second-order valence-electron chi connectivity index (χ2n) is 4.78. The summed E-state index contributed by atoms with van der Waals surface area (Å²) < 4.78 is 5.05. The Bertz CT molecular complexity index is 153. The van der Waals surface area contributed by atoms with Crippen LogP contribution in [0.4, 0.5) is 0 Å². The molecule has 0 saturated carbocycles. The van der Waals surface area contributed by atoms with Crippen molar-refractivity contribution in [3.05, 3.63) is 0 Å². The number of nitrogens with zero attached hydrogens (tertiary/aromatic N) is 1. The summed E-state index contributed by atoms with van der Waals surface area (Å²) in [6, 6.07) is 0.634. The summed E-state index contributed by atoms with van der Waals surface area (Å²) in [5.74, 6) is 0.770. The molecular weight excluding hydrogens is 200 g/mol. The summed E-state index contributed by atoms with van der Waals surface area (Å²) in [5, 5.41) is 3.59. The Kier molecular flexibility index (Phi) is 9.99. The van der Waals surface area contributed by atoms with Crippen LogP contribution in [-0.4, -0.2) is 51.3 Å². The molecule has 0 aromatic rings. The van der Waals surface area contributed by atoms with E-state index in [-0.39, 0.29) is 0 Å². The molecule has 0 saturated heterocycles. The van der Waals surface area contributed by atoms with Gasteiger partial charge in [0.25, 0.3) is 0 Å². The van der Waals surface area contributed by atoms with Gasteiger partial charge in [0.2, 0.25) is 0 Å². The Morgan fingerprint density at radius 2 is 1.94 bits per heavy atom. The molecule has 0 aliphatic heterocycles. The molecule has 2 atom stereocenters. The van der Waals surface area contributed by atoms with Gasteiger partial charge in [0.15, 0.2) is 0 Å². The highest BCUT2D eigenvalue weighted by Gasteiger charge is 2.08. The number of ether oxygens (including phenoxy) is 1. The summed E-state index contributed by atoms with van der Waals surface area (Å²) in [6.45, 7) is 10.9. The van der Waals surface area contributed by atoms with Crippen molar-refractivity contribution in [1.82, 2.24) is 10.2 Å². The first-order valence-electron chi connectivity index (χ1n) is 6.52. The number of rotatable bonds is 10. The molecule has 0 fully saturated rings. The number of hydrogen-bond acceptors (Lipinski definition) is 3. The van der Waals surface area contributed by atoms with Crippen LogP contribution in [0.2, 0.25) is 0 Å². The molecule has 3 heteroatoms. The van der Waals surface area contributed by atoms with Crippen molar-refractivity contribution in [2.75, 3.05) is 40.4 Å². The van der Waals surface area contributed by atoms with E-state index in [9.17, 15) is 0 Å². The molecule has 98 valence electrons. The standard InChI is InChI=1S/C13H30N2O/c1-6-12(2)13(3)14-8-7-9-15(4)10-11-16-5/h12-14H,6-11H2,1-5H3. The Labute approximate surface area is 102 Å². The average molecular weight is 230 g/mol. The molecule has 0 aromatic heterocycles. The lowest BCUT2D eigenvalue weighted by atomic mass is 10.0. The highest BCUT2D eigenvalue weighted by molar-refractivity contribution is 4.67. The fourth-order valence-electron chi connectivity index (χ4n) is 1.59. The van der Waals surface area contributed by atoms with E-state index in [1.807, 2.05) is 0 Å². The van der Waals surface area contributed by atoms with Crippen LogP contribution in [0.25, 0.3) is 0 Å². The van der Waals surface area contributed by atoms with Crippen LogP contribution in [0.3, 0.4) is 0 Å². The Morgan fingerprint density at radius 1 is 1.25 bits per heavy atom. The minimum Gasteiger partial charge on any atom is -0.383 e. The minimum absolute atomic E-state index is 0.634. The number of hydrogen-bond donors (Lipinski definition) is 1. The second-order valence-corrected chi connectivity index (χ2v) is 4.78. The van der Waals surface area contributed by atoms with Crippen molar-refractivity contribution in [2.45, 2.75) is 39.7 Å². The predicted molar refractivity (Wildman–Crippen MR) is 70.9 cm³/mol. The van der Waals surface area contributed by atoms with E-state index >= 15 is 0 Å². The topological polar surface area (TPSA) is 24.5 Å². The number of likely N-dealkylation sites (N-methyl/N-ethyl adjacent to an activating group) is 1. The summed E-state index contributed by atoms with van der Waals surface area (Å²) in [6.07, 6.45) is 2.46. The van der Waals surface area contributed by atoms with E-state index in [1.54, 1.807) is 7.11 Å². The van der Waals surface area contributed by atoms with Crippen molar-refractivity contribution in [3.63, 3.8) is 0 Å². The van der Waals surface area contributed by atoms with Crippen LogP contribution in [0, 0.1) is 5.92 Å². The van der Waals surface area contributed by atoms with Crippen LogP contribution in [-0.2, 0) is 4.74 Å². The molecule has 0 amide bonds. The summed E-state index contributed by atoms with van der Waals surface area (Å²) in [4.78, 5) is 2.32. The van der Waals surface area contributed by atoms with E-state index < -0.39 is 0 Å². The minimum atomic E-state index is 0.634. The SMILES string of the molecule is CCC(C)C(C)NCCCN(C)CCOC. The van der Waals surface area contributed by atoms with Crippen molar-refractivity contribution in [1.29, 1.82) is 0 Å². The van der Waals surface area contributed by atoms with Gasteiger partial charge >= 0.3 is 0 Å². The van der Waals surface area contributed by atoms with Crippen molar-refractivity contribution in [2.24, 2.45) is 5.92 Å². The first kappa shape index (κ1) is 15.9. The van der Waals surface area contributed by atoms with Gasteiger partial charge in [-0.05, 0) is 39.4 Å². The summed E-state index contributed by atoms with van der Waals surface area (Å²) in [7, 11) is 3.90. The third-order valence-corrected chi connectivity index (χ3v) is 3.36. The third-order valence-electron chi connectivity index (χ3n) is 3.36. The molecule has 0 aliphatic rings. The first-order valence-corrected chi connectivity index (χ1v) is 6.52.